The first-order valence-corrected chi connectivity index (χ1v) is 5.89. The average Bonchev–Trinajstić information content (AvgIpc) is 2.75. The lowest BCUT2D eigenvalue weighted by Crippen LogP contribution is -2.13. The Labute approximate surface area is 113 Å². The van der Waals surface area contributed by atoms with Crippen LogP contribution >= 0.6 is 0 Å². The second kappa shape index (κ2) is 4.58. The topological polar surface area (TPSA) is 84.6 Å². The number of nitro groups is 1. The molecule has 6 nitrogen and oxygen atoms in total. The number of anilines is 1. The summed E-state index contributed by atoms with van der Waals surface area (Å²) in [7, 11) is 0. The molecule has 6 heteroatoms. The molecule has 0 unspecified atom stereocenters. The van der Waals surface area contributed by atoms with Crippen molar-refractivity contribution in [2.75, 3.05) is 5.32 Å². The third-order valence-electron chi connectivity index (χ3n) is 2.93. The van der Waals surface area contributed by atoms with Gasteiger partial charge in [0.25, 0.3) is 11.6 Å². The van der Waals surface area contributed by atoms with Crippen LogP contribution in [0, 0.1) is 10.1 Å². The van der Waals surface area contributed by atoms with Gasteiger partial charge in [0.1, 0.15) is 5.71 Å². The van der Waals surface area contributed by atoms with Crippen LogP contribution in [0.5, 0.6) is 0 Å². The molecule has 1 aliphatic rings. The van der Waals surface area contributed by atoms with E-state index in [4.69, 9.17) is 0 Å². The van der Waals surface area contributed by atoms with Crippen LogP contribution in [0.3, 0.4) is 0 Å². The summed E-state index contributed by atoms with van der Waals surface area (Å²) in [4.78, 5) is 26.5. The number of para-hydroxylation sites is 1. The zero-order chi connectivity index (χ0) is 14.1. The van der Waals surface area contributed by atoms with E-state index in [2.05, 4.69) is 10.3 Å². The molecular weight excluding hydrogens is 258 g/mol. The molecule has 0 bridgehead atoms. The maximum atomic E-state index is 11.9. The van der Waals surface area contributed by atoms with Crippen molar-refractivity contribution in [1.29, 1.82) is 0 Å². The molecule has 1 amide bonds. The number of hydrogen-bond acceptors (Lipinski definition) is 4. The lowest BCUT2D eigenvalue weighted by atomic mass is 10.1. The van der Waals surface area contributed by atoms with Gasteiger partial charge in [0.2, 0.25) is 0 Å². The van der Waals surface area contributed by atoms with E-state index in [0.29, 0.717) is 16.9 Å². The van der Waals surface area contributed by atoms with Crippen molar-refractivity contribution in [1.82, 2.24) is 0 Å². The molecule has 0 aliphatic carbocycles. The first kappa shape index (κ1) is 12.0. The third kappa shape index (κ3) is 2.03. The Hall–Kier alpha value is -3.02. The number of nitrogens with zero attached hydrogens (tertiary/aromatic N) is 2. The highest BCUT2D eigenvalue weighted by atomic mass is 16.6. The van der Waals surface area contributed by atoms with Gasteiger partial charge in [-0.05, 0) is 18.2 Å². The van der Waals surface area contributed by atoms with E-state index in [1.807, 2.05) is 6.07 Å². The molecule has 0 spiro atoms. The summed E-state index contributed by atoms with van der Waals surface area (Å²) >= 11 is 0. The fourth-order valence-corrected chi connectivity index (χ4v) is 2.00. The van der Waals surface area contributed by atoms with Crippen molar-refractivity contribution >= 4 is 28.7 Å². The number of aliphatic imine (C=N–C) groups is 1. The Morgan fingerprint density at radius 1 is 1.10 bits per heavy atom. The van der Waals surface area contributed by atoms with Crippen molar-refractivity contribution in [2.24, 2.45) is 4.99 Å². The van der Waals surface area contributed by atoms with Gasteiger partial charge in [0, 0.05) is 17.7 Å². The van der Waals surface area contributed by atoms with Gasteiger partial charge in [0.15, 0.2) is 0 Å². The van der Waals surface area contributed by atoms with E-state index >= 15 is 0 Å². The minimum atomic E-state index is -0.497. The Kier molecular flexibility index (Phi) is 2.76. The predicted octanol–water partition coefficient (Wildman–Crippen LogP) is 2.67. The molecule has 2 aromatic carbocycles. The molecule has 20 heavy (non-hydrogen) atoms. The SMILES string of the molecule is O=C1Nc2ccc([N+](=O)[O-])cc2C1=Nc1ccccc1. The molecule has 1 heterocycles. The number of nitro benzene ring substituents is 1. The van der Waals surface area contributed by atoms with Crippen LogP contribution in [-0.2, 0) is 4.79 Å². The van der Waals surface area contributed by atoms with Gasteiger partial charge in [0.05, 0.1) is 16.3 Å². The molecule has 1 aliphatic heterocycles. The van der Waals surface area contributed by atoms with Crippen LogP contribution in [0.15, 0.2) is 53.5 Å². The Bertz CT molecular complexity index is 739. The fraction of sp³-hybridized carbons (Fsp3) is 0. The third-order valence-corrected chi connectivity index (χ3v) is 2.93. The molecule has 0 saturated heterocycles. The maximum Gasteiger partial charge on any atom is 0.275 e. The van der Waals surface area contributed by atoms with E-state index < -0.39 is 4.92 Å². The zero-order valence-corrected chi connectivity index (χ0v) is 10.2. The number of non-ortho nitro benzene ring substituents is 1. The number of nitrogens with one attached hydrogen (secondary N) is 1. The lowest BCUT2D eigenvalue weighted by Gasteiger charge is -1.98. The number of carbonyl (C=O) groups excluding carboxylic acids is 1. The molecule has 0 saturated carbocycles. The Morgan fingerprint density at radius 2 is 1.85 bits per heavy atom. The highest BCUT2D eigenvalue weighted by molar-refractivity contribution is 6.54. The van der Waals surface area contributed by atoms with Gasteiger partial charge in [-0.15, -0.1) is 0 Å². The van der Waals surface area contributed by atoms with Crippen LogP contribution in [0.1, 0.15) is 5.56 Å². The van der Waals surface area contributed by atoms with Crippen molar-refractivity contribution in [2.45, 2.75) is 0 Å². The van der Waals surface area contributed by atoms with E-state index in [1.165, 1.54) is 18.2 Å². The highest BCUT2D eigenvalue weighted by Gasteiger charge is 2.27. The van der Waals surface area contributed by atoms with Gasteiger partial charge < -0.3 is 5.32 Å². The summed E-state index contributed by atoms with van der Waals surface area (Å²) in [5.74, 6) is -0.357. The maximum absolute atomic E-state index is 11.9. The second-order valence-electron chi connectivity index (χ2n) is 4.24. The molecule has 3 rings (SSSR count). The molecular formula is C14H9N3O3. The van der Waals surface area contributed by atoms with Crippen LogP contribution in [0.2, 0.25) is 0 Å². The van der Waals surface area contributed by atoms with E-state index in [-0.39, 0.29) is 17.3 Å². The molecule has 0 radical (unpaired) electrons. The smallest absolute Gasteiger partial charge is 0.275 e. The highest BCUT2D eigenvalue weighted by Crippen LogP contribution is 2.29. The average molecular weight is 267 g/mol. The first-order chi connectivity index (χ1) is 9.65. The zero-order valence-electron chi connectivity index (χ0n) is 10.2. The Morgan fingerprint density at radius 3 is 2.55 bits per heavy atom. The summed E-state index contributed by atoms with van der Waals surface area (Å²) < 4.78 is 0. The largest absolute Gasteiger partial charge is 0.320 e. The van der Waals surface area contributed by atoms with Crippen molar-refractivity contribution in [3.05, 3.63) is 64.2 Å². The molecule has 0 atom stereocenters. The van der Waals surface area contributed by atoms with Crippen LogP contribution in [-0.4, -0.2) is 16.5 Å². The molecule has 0 fully saturated rings. The van der Waals surface area contributed by atoms with E-state index in [9.17, 15) is 14.9 Å². The van der Waals surface area contributed by atoms with Gasteiger partial charge >= 0.3 is 0 Å². The molecule has 2 aromatic rings. The monoisotopic (exact) mass is 267 g/mol. The van der Waals surface area contributed by atoms with Crippen LogP contribution in [0.25, 0.3) is 0 Å². The van der Waals surface area contributed by atoms with Crippen molar-refractivity contribution in [3.63, 3.8) is 0 Å². The first-order valence-electron chi connectivity index (χ1n) is 5.89. The summed E-state index contributed by atoms with van der Waals surface area (Å²) in [5, 5.41) is 13.4. The van der Waals surface area contributed by atoms with E-state index in [0.717, 1.165) is 0 Å². The van der Waals surface area contributed by atoms with Gasteiger partial charge in [-0.3, -0.25) is 14.9 Å². The van der Waals surface area contributed by atoms with Crippen molar-refractivity contribution < 1.29 is 9.72 Å². The number of amides is 1. The fourth-order valence-electron chi connectivity index (χ4n) is 2.00. The standard InChI is InChI=1S/C14H9N3O3/c18-14-13(15-9-4-2-1-3-5-9)11-8-10(17(19)20)6-7-12(11)16-14/h1-8H,(H,15,16,18). The molecule has 1 N–H and O–H groups in total. The van der Waals surface area contributed by atoms with Crippen molar-refractivity contribution in [3.8, 4) is 0 Å². The second-order valence-corrected chi connectivity index (χ2v) is 4.24. The summed E-state index contributed by atoms with van der Waals surface area (Å²) in [5.41, 5.74) is 1.73. The summed E-state index contributed by atoms with van der Waals surface area (Å²) in [6, 6.07) is 13.2. The number of hydrogen-bond donors (Lipinski definition) is 1. The lowest BCUT2D eigenvalue weighted by molar-refractivity contribution is -0.384. The normalized spacial score (nSPS) is 15.0. The number of carbonyl (C=O) groups is 1. The van der Waals surface area contributed by atoms with Gasteiger partial charge in [-0.1, -0.05) is 18.2 Å². The number of fused-ring (bicyclic) bond motifs is 1. The van der Waals surface area contributed by atoms with Gasteiger partial charge in [-0.25, -0.2) is 4.99 Å². The van der Waals surface area contributed by atoms with Gasteiger partial charge in [-0.2, -0.15) is 0 Å². The minimum Gasteiger partial charge on any atom is -0.320 e. The minimum absolute atomic E-state index is 0.0685. The van der Waals surface area contributed by atoms with Crippen LogP contribution in [0.4, 0.5) is 17.1 Å². The quantitative estimate of drug-likeness (QED) is 0.670. The molecule has 98 valence electrons. The number of rotatable bonds is 2. The summed E-state index contributed by atoms with van der Waals surface area (Å²) in [6.07, 6.45) is 0. The van der Waals surface area contributed by atoms with Crippen LogP contribution < -0.4 is 5.32 Å². The Balaban J connectivity index is 2.11. The van der Waals surface area contributed by atoms with E-state index in [1.54, 1.807) is 24.3 Å². The molecule has 0 aromatic heterocycles. The predicted molar refractivity (Wildman–Crippen MR) is 74.4 cm³/mol. The number of benzene rings is 2. The summed E-state index contributed by atoms with van der Waals surface area (Å²) in [6.45, 7) is 0.